The van der Waals surface area contributed by atoms with Gasteiger partial charge >= 0.3 is 0 Å². The SMILES string of the molecule is O=CN(c1cc(F)cc(F)c1)C(C(=O)NC1CCC(F)(F)CC1)c1ccccc1Cl. The number of amides is 2. The van der Waals surface area contributed by atoms with E-state index in [4.69, 9.17) is 11.6 Å². The lowest BCUT2D eigenvalue weighted by Crippen LogP contribution is -2.46. The highest BCUT2D eigenvalue weighted by molar-refractivity contribution is 6.31. The lowest BCUT2D eigenvalue weighted by atomic mass is 9.91. The Bertz CT molecular complexity index is 911. The van der Waals surface area contributed by atoms with Gasteiger partial charge < -0.3 is 5.32 Å². The molecule has 0 aromatic heterocycles. The maximum absolute atomic E-state index is 13.7. The number of halogens is 5. The zero-order valence-corrected chi connectivity index (χ0v) is 16.5. The van der Waals surface area contributed by atoms with Crippen LogP contribution in [0, 0.1) is 11.6 Å². The van der Waals surface area contributed by atoms with Gasteiger partial charge in [0.05, 0.1) is 5.69 Å². The molecule has 9 heteroatoms. The molecule has 2 aromatic carbocycles. The molecule has 1 atom stereocenters. The topological polar surface area (TPSA) is 49.4 Å². The standard InChI is InChI=1S/C21H19ClF4N2O2/c22-18-4-2-1-3-17(18)19(20(30)27-15-5-7-21(25,26)8-6-15)28(12-29)16-10-13(23)9-14(24)11-16/h1-4,9-12,15,19H,5-8H2,(H,27,30). The van der Waals surface area contributed by atoms with Crippen LogP contribution in [0.1, 0.15) is 37.3 Å². The highest BCUT2D eigenvalue weighted by Gasteiger charge is 2.37. The minimum atomic E-state index is -2.77. The molecule has 1 fully saturated rings. The normalized spacial score (nSPS) is 17.2. The maximum atomic E-state index is 13.7. The van der Waals surface area contributed by atoms with Gasteiger partial charge in [0.2, 0.25) is 18.2 Å². The number of carbonyl (C=O) groups excluding carboxylic acids is 2. The second kappa shape index (κ2) is 9.04. The van der Waals surface area contributed by atoms with Gasteiger partial charge in [-0.1, -0.05) is 29.8 Å². The molecular formula is C21H19ClF4N2O2. The van der Waals surface area contributed by atoms with E-state index < -0.39 is 35.5 Å². The van der Waals surface area contributed by atoms with Crippen LogP contribution in [0.25, 0.3) is 0 Å². The van der Waals surface area contributed by atoms with E-state index in [1.807, 2.05) is 0 Å². The number of nitrogens with one attached hydrogen (secondary N) is 1. The van der Waals surface area contributed by atoms with Crippen molar-refractivity contribution < 1.29 is 27.2 Å². The van der Waals surface area contributed by atoms with Crippen LogP contribution in [0.5, 0.6) is 0 Å². The molecule has 4 nitrogen and oxygen atoms in total. The molecule has 2 aromatic rings. The van der Waals surface area contributed by atoms with E-state index >= 15 is 0 Å². The van der Waals surface area contributed by atoms with Crippen molar-refractivity contribution in [3.05, 3.63) is 64.7 Å². The fourth-order valence-electron chi connectivity index (χ4n) is 3.54. The van der Waals surface area contributed by atoms with Crippen molar-refractivity contribution in [1.29, 1.82) is 0 Å². The van der Waals surface area contributed by atoms with Gasteiger partial charge in [-0.25, -0.2) is 17.6 Å². The minimum Gasteiger partial charge on any atom is -0.351 e. The lowest BCUT2D eigenvalue weighted by Gasteiger charge is -2.33. The van der Waals surface area contributed by atoms with Crippen LogP contribution in [-0.4, -0.2) is 24.3 Å². The Morgan fingerprint density at radius 1 is 1.13 bits per heavy atom. The summed E-state index contributed by atoms with van der Waals surface area (Å²) in [6, 6.07) is 6.83. The van der Waals surface area contributed by atoms with Crippen molar-refractivity contribution in [2.45, 2.75) is 43.7 Å². The molecule has 1 aliphatic carbocycles. The number of carbonyl (C=O) groups is 2. The molecule has 1 N–H and O–H groups in total. The molecule has 30 heavy (non-hydrogen) atoms. The fraction of sp³-hybridized carbons (Fsp3) is 0.333. The number of hydrogen-bond acceptors (Lipinski definition) is 2. The van der Waals surface area contributed by atoms with Crippen molar-refractivity contribution in [1.82, 2.24) is 5.32 Å². The predicted octanol–water partition coefficient (Wildman–Crippen LogP) is 5.02. The minimum absolute atomic E-state index is 0.0731. The summed E-state index contributed by atoms with van der Waals surface area (Å²) in [5.74, 6) is -5.30. The van der Waals surface area contributed by atoms with Crippen LogP contribution in [0.4, 0.5) is 23.2 Å². The molecule has 0 radical (unpaired) electrons. The average Bonchev–Trinajstić information content (AvgIpc) is 2.67. The Morgan fingerprint density at radius 2 is 1.73 bits per heavy atom. The summed E-state index contributed by atoms with van der Waals surface area (Å²) < 4.78 is 54.3. The second-order valence-electron chi connectivity index (χ2n) is 7.20. The first-order valence-electron chi connectivity index (χ1n) is 9.32. The van der Waals surface area contributed by atoms with Crippen LogP contribution in [-0.2, 0) is 9.59 Å². The first kappa shape index (κ1) is 22.1. The van der Waals surface area contributed by atoms with Crippen molar-refractivity contribution in [2.75, 3.05) is 4.90 Å². The summed E-state index contributed by atoms with van der Waals surface area (Å²) in [5.41, 5.74) is 0.0484. The number of nitrogens with zero attached hydrogens (tertiary/aromatic N) is 1. The molecule has 1 unspecified atom stereocenters. The van der Waals surface area contributed by atoms with E-state index in [1.54, 1.807) is 12.1 Å². The first-order chi connectivity index (χ1) is 14.2. The lowest BCUT2D eigenvalue weighted by molar-refractivity contribution is -0.125. The smallest absolute Gasteiger partial charge is 0.248 e. The van der Waals surface area contributed by atoms with Crippen LogP contribution in [0.2, 0.25) is 5.02 Å². The number of anilines is 1. The average molecular weight is 443 g/mol. The van der Waals surface area contributed by atoms with E-state index in [0.717, 1.165) is 17.0 Å². The Hall–Kier alpha value is -2.61. The number of alkyl halides is 2. The van der Waals surface area contributed by atoms with Gasteiger partial charge in [-0.15, -0.1) is 0 Å². The molecule has 160 valence electrons. The number of benzene rings is 2. The summed E-state index contributed by atoms with van der Waals surface area (Å²) >= 11 is 6.22. The molecule has 0 spiro atoms. The largest absolute Gasteiger partial charge is 0.351 e. The third kappa shape index (κ3) is 5.11. The fourth-order valence-corrected chi connectivity index (χ4v) is 3.78. The number of rotatable bonds is 6. The van der Waals surface area contributed by atoms with E-state index in [9.17, 15) is 27.2 Å². The van der Waals surface area contributed by atoms with Crippen LogP contribution in [0.15, 0.2) is 42.5 Å². The Morgan fingerprint density at radius 3 is 2.30 bits per heavy atom. The van der Waals surface area contributed by atoms with Crippen LogP contribution >= 0.6 is 11.6 Å². The van der Waals surface area contributed by atoms with E-state index in [0.29, 0.717) is 6.07 Å². The summed E-state index contributed by atoms with van der Waals surface area (Å²) in [6.45, 7) is 0. The zero-order chi connectivity index (χ0) is 21.9. The van der Waals surface area contributed by atoms with E-state index in [-0.39, 0.29) is 48.4 Å². The monoisotopic (exact) mass is 442 g/mol. The van der Waals surface area contributed by atoms with Gasteiger partial charge in [0, 0.05) is 35.5 Å². The molecule has 0 aliphatic heterocycles. The highest BCUT2D eigenvalue weighted by atomic mass is 35.5. The van der Waals surface area contributed by atoms with Crippen molar-refractivity contribution in [3.8, 4) is 0 Å². The molecule has 0 saturated heterocycles. The number of hydrogen-bond donors (Lipinski definition) is 1. The van der Waals surface area contributed by atoms with Crippen molar-refractivity contribution in [3.63, 3.8) is 0 Å². The molecule has 1 aliphatic rings. The van der Waals surface area contributed by atoms with Gasteiger partial charge in [-0.3, -0.25) is 14.5 Å². The summed E-state index contributed by atoms with van der Waals surface area (Å²) in [5, 5.41) is 2.84. The third-order valence-electron chi connectivity index (χ3n) is 5.05. The van der Waals surface area contributed by atoms with Crippen LogP contribution < -0.4 is 10.2 Å². The van der Waals surface area contributed by atoms with Gasteiger partial charge in [-0.2, -0.15) is 0 Å². The quantitative estimate of drug-likeness (QED) is 0.504. The van der Waals surface area contributed by atoms with E-state index in [1.165, 1.54) is 12.1 Å². The molecular weight excluding hydrogens is 424 g/mol. The third-order valence-corrected chi connectivity index (χ3v) is 5.39. The summed E-state index contributed by atoms with van der Waals surface area (Å²) in [4.78, 5) is 25.9. The molecule has 3 rings (SSSR count). The predicted molar refractivity (Wildman–Crippen MR) is 104 cm³/mol. The first-order valence-corrected chi connectivity index (χ1v) is 9.70. The molecule has 1 saturated carbocycles. The second-order valence-corrected chi connectivity index (χ2v) is 7.61. The van der Waals surface area contributed by atoms with Gasteiger partial charge in [0.25, 0.3) is 0 Å². The van der Waals surface area contributed by atoms with E-state index in [2.05, 4.69) is 5.32 Å². The molecule has 0 bridgehead atoms. The van der Waals surface area contributed by atoms with Gasteiger partial charge in [0.1, 0.15) is 17.7 Å². The van der Waals surface area contributed by atoms with Crippen molar-refractivity contribution in [2.24, 2.45) is 0 Å². The molecule has 2 amide bonds. The van der Waals surface area contributed by atoms with Crippen molar-refractivity contribution >= 4 is 29.6 Å². The Kier molecular flexibility index (Phi) is 6.65. The zero-order valence-electron chi connectivity index (χ0n) is 15.8. The Balaban J connectivity index is 1.95. The van der Waals surface area contributed by atoms with Crippen LogP contribution in [0.3, 0.4) is 0 Å². The Labute approximate surface area is 175 Å². The maximum Gasteiger partial charge on any atom is 0.248 e. The molecule has 0 heterocycles. The summed E-state index contributed by atoms with van der Waals surface area (Å²) in [6.07, 6.45) is -0.299. The van der Waals surface area contributed by atoms with Gasteiger partial charge in [-0.05, 0) is 31.0 Å². The summed E-state index contributed by atoms with van der Waals surface area (Å²) in [7, 11) is 0. The van der Waals surface area contributed by atoms with Gasteiger partial charge in [0.15, 0.2) is 0 Å². The highest BCUT2D eigenvalue weighted by Crippen LogP contribution is 2.35.